The Kier molecular flexibility index (Phi) is 9.66. The van der Waals surface area contributed by atoms with Crippen LogP contribution in [0.3, 0.4) is 0 Å². The van der Waals surface area contributed by atoms with Gasteiger partial charge in [0, 0.05) is 13.0 Å². The monoisotopic (exact) mass is 260 g/mol. The molecule has 1 aliphatic rings. The lowest BCUT2D eigenvalue weighted by Crippen LogP contribution is -3.07. The third-order valence-electron chi connectivity index (χ3n) is 3.48. The van der Waals surface area contributed by atoms with Crippen LogP contribution < -0.4 is 17.3 Å². The zero-order chi connectivity index (χ0) is 11.8. The first-order chi connectivity index (χ1) is 7.76. The van der Waals surface area contributed by atoms with E-state index in [4.69, 9.17) is 0 Å². The van der Waals surface area contributed by atoms with E-state index in [2.05, 4.69) is 38.2 Å². The van der Waals surface area contributed by atoms with E-state index in [0.29, 0.717) is 0 Å². The molecule has 0 fully saturated rings. The van der Waals surface area contributed by atoms with Crippen LogP contribution >= 0.6 is 0 Å². The van der Waals surface area contributed by atoms with Crippen molar-refractivity contribution in [2.24, 2.45) is 5.92 Å². The van der Waals surface area contributed by atoms with Gasteiger partial charge in [0.05, 0.1) is 12.7 Å². The molecule has 1 N–H and O–H groups in total. The van der Waals surface area contributed by atoms with Crippen molar-refractivity contribution in [3.05, 3.63) is 12.4 Å². The van der Waals surface area contributed by atoms with Crippen LogP contribution in [0.4, 0.5) is 0 Å². The fraction of sp³-hybridized carbons (Fsp3) is 0.857. The smallest absolute Gasteiger partial charge is 0.156 e. The summed E-state index contributed by atoms with van der Waals surface area (Å²) in [7, 11) is 2.16. The van der Waals surface area contributed by atoms with Gasteiger partial charge in [-0.15, -0.1) is 0 Å². The van der Waals surface area contributed by atoms with Gasteiger partial charge in [0.25, 0.3) is 0 Å². The number of nitrogens with one attached hydrogen (secondary N) is 1. The van der Waals surface area contributed by atoms with Crippen molar-refractivity contribution in [2.75, 3.05) is 20.3 Å². The molecular weight excluding hydrogens is 232 g/mol. The Morgan fingerprint density at radius 2 is 1.94 bits per heavy atom. The van der Waals surface area contributed by atoms with E-state index >= 15 is 0 Å². The quantitative estimate of drug-likeness (QED) is 0.565. The molecule has 2 atom stereocenters. The van der Waals surface area contributed by atoms with Gasteiger partial charge < -0.3 is 17.3 Å². The highest BCUT2D eigenvalue weighted by Gasteiger charge is 2.18. The summed E-state index contributed by atoms with van der Waals surface area (Å²) in [6, 6.07) is 0. The fourth-order valence-electron chi connectivity index (χ4n) is 2.60. The van der Waals surface area contributed by atoms with Gasteiger partial charge in [-0.1, -0.05) is 39.5 Å². The van der Waals surface area contributed by atoms with Crippen molar-refractivity contribution >= 4 is 0 Å². The summed E-state index contributed by atoms with van der Waals surface area (Å²) in [6.45, 7) is 7.10. The van der Waals surface area contributed by atoms with Gasteiger partial charge in [0.2, 0.25) is 0 Å². The highest BCUT2D eigenvalue weighted by molar-refractivity contribution is 4.75. The van der Waals surface area contributed by atoms with E-state index in [1.807, 2.05) is 0 Å². The van der Waals surface area contributed by atoms with Crippen molar-refractivity contribution in [3.8, 4) is 0 Å². The van der Waals surface area contributed by atoms with Gasteiger partial charge >= 0.3 is 0 Å². The van der Waals surface area contributed by atoms with Crippen LogP contribution in [0.2, 0.25) is 0 Å². The van der Waals surface area contributed by atoms with Crippen molar-refractivity contribution in [2.45, 2.75) is 52.4 Å². The van der Waals surface area contributed by atoms with Crippen molar-refractivity contribution in [3.63, 3.8) is 0 Å². The second kappa shape index (κ2) is 9.78. The number of hydrogen-bond acceptors (Lipinski definition) is 1. The minimum atomic E-state index is 0. The standard InChI is InChI=1S/C14H28N2.ClH/c1-4-6-7-9-14(8-5-2)12-16-11-10-15(3)13-16;/h10-11,14H,4-9,12-13H2,1-3H3;1H. The number of unbranched alkanes of at least 4 members (excludes halogenated alkanes) is 2. The van der Waals surface area contributed by atoms with Crippen molar-refractivity contribution in [1.29, 1.82) is 0 Å². The number of quaternary nitrogens is 1. The summed E-state index contributed by atoms with van der Waals surface area (Å²) >= 11 is 0. The van der Waals surface area contributed by atoms with Crippen LogP contribution in [0, 0.1) is 5.92 Å². The lowest BCUT2D eigenvalue weighted by atomic mass is 9.96. The molecule has 0 aliphatic carbocycles. The molecule has 0 aromatic rings. The molecule has 0 spiro atoms. The summed E-state index contributed by atoms with van der Waals surface area (Å²) in [5.74, 6) is 0.933. The highest BCUT2D eigenvalue weighted by atomic mass is 35.5. The van der Waals surface area contributed by atoms with Crippen molar-refractivity contribution in [1.82, 2.24) is 4.90 Å². The molecule has 2 nitrogen and oxygen atoms in total. The van der Waals surface area contributed by atoms with Crippen LogP contribution in [-0.2, 0) is 0 Å². The SMILES string of the molecule is CCCCCC(CCC)C[NH+]1C=CN(C)C1.[Cl-]. The van der Waals surface area contributed by atoms with Gasteiger partial charge in [-0.25, -0.2) is 0 Å². The lowest BCUT2D eigenvalue weighted by molar-refractivity contribution is -0.852. The molecule has 0 radical (unpaired) electrons. The van der Waals surface area contributed by atoms with Gasteiger partial charge in [-0.2, -0.15) is 0 Å². The van der Waals surface area contributed by atoms with E-state index in [1.54, 1.807) is 4.90 Å². The van der Waals surface area contributed by atoms with Crippen LogP contribution in [0.1, 0.15) is 52.4 Å². The first-order valence-electron chi connectivity index (χ1n) is 6.99. The van der Waals surface area contributed by atoms with Crippen LogP contribution in [0.25, 0.3) is 0 Å². The maximum absolute atomic E-state index is 2.32. The first-order valence-corrected chi connectivity index (χ1v) is 6.99. The molecule has 1 heterocycles. The van der Waals surface area contributed by atoms with Gasteiger partial charge in [-0.3, -0.25) is 4.90 Å². The molecule has 2 unspecified atom stereocenters. The summed E-state index contributed by atoms with van der Waals surface area (Å²) < 4.78 is 0. The van der Waals surface area contributed by atoms with E-state index < -0.39 is 0 Å². The Hall–Kier alpha value is -0.210. The number of nitrogens with zero attached hydrogens (tertiary/aromatic N) is 1. The number of halogens is 1. The molecule has 1 aliphatic heterocycles. The topological polar surface area (TPSA) is 7.68 Å². The molecule has 0 bridgehead atoms. The highest BCUT2D eigenvalue weighted by Crippen LogP contribution is 2.14. The molecule has 0 saturated heterocycles. The van der Waals surface area contributed by atoms with Crippen LogP contribution in [0.15, 0.2) is 12.4 Å². The largest absolute Gasteiger partial charge is 1.00 e. The first kappa shape index (κ1) is 16.8. The van der Waals surface area contributed by atoms with Crippen LogP contribution in [0.5, 0.6) is 0 Å². The molecule has 3 heteroatoms. The summed E-state index contributed by atoms with van der Waals surface area (Å²) in [5.41, 5.74) is 0. The van der Waals surface area contributed by atoms with E-state index in [1.165, 1.54) is 45.1 Å². The summed E-state index contributed by atoms with van der Waals surface area (Å²) in [6.07, 6.45) is 12.9. The Morgan fingerprint density at radius 3 is 2.47 bits per heavy atom. The molecule has 102 valence electrons. The maximum atomic E-state index is 2.32. The van der Waals surface area contributed by atoms with Gasteiger partial charge in [0.15, 0.2) is 6.67 Å². The normalized spacial score (nSPS) is 20.4. The molecule has 1 rings (SSSR count). The summed E-state index contributed by atoms with van der Waals surface area (Å²) in [4.78, 5) is 3.92. The Morgan fingerprint density at radius 1 is 1.18 bits per heavy atom. The molecular formula is C14H29ClN2. The predicted molar refractivity (Wildman–Crippen MR) is 70.1 cm³/mol. The minimum absolute atomic E-state index is 0. The fourth-order valence-corrected chi connectivity index (χ4v) is 2.60. The van der Waals surface area contributed by atoms with E-state index in [9.17, 15) is 0 Å². The molecule has 0 saturated carbocycles. The molecule has 0 aromatic heterocycles. The Labute approximate surface area is 113 Å². The maximum Gasteiger partial charge on any atom is 0.156 e. The Bertz CT molecular complexity index is 206. The second-order valence-electron chi connectivity index (χ2n) is 5.24. The number of rotatable bonds is 8. The predicted octanol–water partition coefficient (Wildman–Crippen LogP) is -0.754. The summed E-state index contributed by atoms with van der Waals surface area (Å²) in [5, 5.41) is 0. The lowest BCUT2D eigenvalue weighted by Gasteiger charge is -2.20. The Balaban J connectivity index is 0.00000256. The third-order valence-corrected chi connectivity index (χ3v) is 3.48. The average molecular weight is 261 g/mol. The van der Waals surface area contributed by atoms with Crippen molar-refractivity contribution < 1.29 is 17.3 Å². The molecule has 0 amide bonds. The van der Waals surface area contributed by atoms with Gasteiger partial charge in [-0.05, 0) is 12.8 Å². The molecule has 17 heavy (non-hydrogen) atoms. The zero-order valence-electron chi connectivity index (χ0n) is 11.7. The van der Waals surface area contributed by atoms with E-state index in [-0.39, 0.29) is 12.4 Å². The van der Waals surface area contributed by atoms with Crippen LogP contribution in [-0.4, -0.2) is 25.2 Å². The second-order valence-corrected chi connectivity index (χ2v) is 5.24. The van der Waals surface area contributed by atoms with E-state index in [0.717, 1.165) is 12.6 Å². The van der Waals surface area contributed by atoms with Gasteiger partial charge in [0.1, 0.15) is 6.20 Å². The minimum Gasteiger partial charge on any atom is -1.00 e. The third kappa shape index (κ3) is 6.95. The average Bonchev–Trinajstić information content (AvgIpc) is 2.65. The zero-order valence-corrected chi connectivity index (χ0v) is 12.5. The molecule has 0 aromatic carbocycles. The number of hydrogen-bond donors (Lipinski definition) is 1.